The van der Waals surface area contributed by atoms with Gasteiger partial charge in [-0.1, -0.05) is 37.1 Å². The van der Waals surface area contributed by atoms with Crippen LogP contribution in [0.2, 0.25) is 0 Å². The number of anilines is 1. The average Bonchev–Trinajstić information content (AvgIpc) is 3.07. The number of amides is 1. The highest BCUT2D eigenvalue weighted by molar-refractivity contribution is 5.93. The van der Waals surface area contributed by atoms with Crippen molar-refractivity contribution in [3.63, 3.8) is 0 Å². The third-order valence-corrected chi connectivity index (χ3v) is 5.49. The number of nitrogens with zero attached hydrogens (tertiary/aromatic N) is 1. The molecule has 1 atom stereocenters. The minimum atomic E-state index is -0.535. The number of rotatable bonds is 6. The van der Waals surface area contributed by atoms with Crippen molar-refractivity contribution in [2.75, 3.05) is 18.5 Å². The first-order valence-corrected chi connectivity index (χ1v) is 11.5. The molecule has 0 aliphatic carbocycles. The Bertz CT molecular complexity index is 916. The first-order chi connectivity index (χ1) is 15.3. The van der Waals surface area contributed by atoms with Crippen molar-refractivity contribution in [3.05, 3.63) is 53.3 Å². The fourth-order valence-electron chi connectivity index (χ4n) is 4.07. The van der Waals surface area contributed by atoms with Gasteiger partial charge in [0, 0.05) is 19.3 Å². The summed E-state index contributed by atoms with van der Waals surface area (Å²) in [7, 11) is 0. The highest BCUT2D eigenvalue weighted by atomic mass is 16.6. The summed E-state index contributed by atoms with van der Waals surface area (Å²) in [6, 6.07) is 9.95. The highest BCUT2D eigenvalue weighted by Crippen LogP contribution is 2.33. The molecule has 1 amide bonds. The molecule has 7 heteroatoms. The predicted molar refractivity (Wildman–Crippen MR) is 125 cm³/mol. The molecule has 2 aromatic rings. The van der Waals surface area contributed by atoms with Gasteiger partial charge < -0.3 is 24.7 Å². The van der Waals surface area contributed by atoms with Gasteiger partial charge in [0.1, 0.15) is 11.3 Å². The first-order valence-electron chi connectivity index (χ1n) is 11.5. The van der Waals surface area contributed by atoms with E-state index in [0.29, 0.717) is 31.1 Å². The van der Waals surface area contributed by atoms with Crippen LogP contribution < -0.4 is 5.32 Å². The van der Waals surface area contributed by atoms with Crippen molar-refractivity contribution >= 4 is 17.7 Å². The van der Waals surface area contributed by atoms with Gasteiger partial charge in [-0.2, -0.15) is 0 Å². The van der Waals surface area contributed by atoms with Gasteiger partial charge in [0.15, 0.2) is 0 Å². The lowest BCUT2D eigenvalue weighted by Crippen LogP contribution is -2.39. The van der Waals surface area contributed by atoms with Crippen LogP contribution in [0, 0.1) is 0 Å². The lowest BCUT2D eigenvalue weighted by Gasteiger charge is -2.33. The number of esters is 1. The molecule has 1 fully saturated rings. The van der Waals surface area contributed by atoms with E-state index < -0.39 is 5.60 Å². The van der Waals surface area contributed by atoms with Crippen LogP contribution in [-0.2, 0) is 16.0 Å². The zero-order valence-electron chi connectivity index (χ0n) is 19.6. The number of hydrogen-bond donors (Lipinski definition) is 2. The molecule has 2 heterocycles. The number of hydrogen-bond acceptors (Lipinski definition) is 5. The normalized spacial score (nSPS) is 16.9. The second-order valence-electron chi connectivity index (χ2n) is 9.08. The van der Waals surface area contributed by atoms with E-state index in [1.165, 1.54) is 0 Å². The Morgan fingerprint density at radius 3 is 2.69 bits per heavy atom. The average molecular weight is 442 g/mol. The van der Waals surface area contributed by atoms with Crippen molar-refractivity contribution in [2.45, 2.75) is 71.6 Å². The number of ether oxygens (including phenoxy) is 2. The van der Waals surface area contributed by atoms with Crippen molar-refractivity contribution < 1.29 is 19.1 Å². The molecule has 0 saturated carbocycles. The molecule has 1 aromatic carbocycles. The molecule has 174 valence electrons. The number of aromatic nitrogens is 1. The minimum Gasteiger partial charge on any atom is -0.461 e. The standard InChI is InChI=1S/C25H35N3O4/c1-5-31-23(29)22-20(14-15-26-22)27-17-18-11-8-9-12-19(18)21-13-7-6-10-16-28(21)24(30)32-25(2,3)4/h8-9,11-12,14-15,21,26-27H,5-7,10,13,16-17H2,1-4H3. The fraction of sp³-hybridized carbons (Fsp3) is 0.520. The van der Waals surface area contributed by atoms with Gasteiger partial charge in [-0.15, -0.1) is 0 Å². The number of H-pyrrole nitrogens is 1. The summed E-state index contributed by atoms with van der Waals surface area (Å²) < 4.78 is 10.8. The van der Waals surface area contributed by atoms with Gasteiger partial charge in [-0.25, -0.2) is 9.59 Å². The molecular weight excluding hydrogens is 406 g/mol. The molecule has 1 aliphatic rings. The summed E-state index contributed by atoms with van der Waals surface area (Å²) in [5.74, 6) is -0.381. The first kappa shape index (κ1) is 23.7. The topological polar surface area (TPSA) is 83.7 Å². The van der Waals surface area contributed by atoms with E-state index in [-0.39, 0.29) is 18.1 Å². The van der Waals surface area contributed by atoms with Crippen molar-refractivity contribution in [1.29, 1.82) is 0 Å². The molecule has 3 rings (SSSR count). The van der Waals surface area contributed by atoms with Gasteiger partial charge in [-0.3, -0.25) is 0 Å². The Hall–Kier alpha value is -2.96. The maximum atomic E-state index is 13.0. The highest BCUT2D eigenvalue weighted by Gasteiger charge is 2.31. The maximum Gasteiger partial charge on any atom is 0.410 e. The molecular formula is C25H35N3O4. The molecule has 0 radical (unpaired) electrons. The Labute approximate surface area is 190 Å². The Morgan fingerprint density at radius 2 is 1.94 bits per heavy atom. The quantitative estimate of drug-likeness (QED) is 0.566. The lowest BCUT2D eigenvalue weighted by atomic mass is 9.95. The van der Waals surface area contributed by atoms with Crippen LogP contribution in [0.4, 0.5) is 10.5 Å². The number of benzene rings is 1. The van der Waals surface area contributed by atoms with E-state index >= 15 is 0 Å². The van der Waals surface area contributed by atoms with E-state index in [2.05, 4.69) is 22.4 Å². The van der Waals surface area contributed by atoms with E-state index in [9.17, 15) is 9.59 Å². The van der Waals surface area contributed by atoms with Gasteiger partial charge in [0.2, 0.25) is 0 Å². The van der Waals surface area contributed by atoms with Crippen LogP contribution >= 0.6 is 0 Å². The van der Waals surface area contributed by atoms with Crippen molar-refractivity contribution in [3.8, 4) is 0 Å². The summed E-state index contributed by atoms with van der Waals surface area (Å²) in [5.41, 5.74) is 2.77. The molecule has 2 N–H and O–H groups in total. The largest absolute Gasteiger partial charge is 0.461 e. The Morgan fingerprint density at radius 1 is 1.16 bits per heavy atom. The molecule has 1 unspecified atom stereocenters. The third kappa shape index (κ3) is 6.05. The number of likely N-dealkylation sites (tertiary alicyclic amines) is 1. The third-order valence-electron chi connectivity index (χ3n) is 5.49. The maximum absolute atomic E-state index is 13.0. The summed E-state index contributed by atoms with van der Waals surface area (Å²) >= 11 is 0. The van der Waals surface area contributed by atoms with Crippen LogP contribution in [-0.4, -0.2) is 40.7 Å². The second kappa shape index (κ2) is 10.6. The van der Waals surface area contributed by atoms with Crippen LogP contribution in [0.5, 0.6) is 0 Å². The van der Waals surface area contributed by atoms with Crippen LogP contribution in [0.3, 0.4) is 0 Å². The van der Waals surface area contributed by atoms with Crippen LogP contribution in [0.25, 0.3) is 0 Å². The number of aromatic amines is 1. The number of carbonyl (C=O) groups is 2. The molecule has 32 heavy (non-hydrogen) atoms. The van der Waals surface area contributed by atoms with Gasteiger partial charge in [0.25, 0.3) is 0 Å². The molecule has 0 bridgehead atoms. The molecule has 0 spiro atoms. The molecule has 1 aromatic heterocycles. The zero-order chi connectivity index (χ0) is 23.1. The van der Waals surface area contributed by atoms with Crippen molar-refractivity contribution in [1.82, 2.24) is 9.88 Å². The van der Waals surface area contributed by atoms with Gasteiger partial charge >= 0.3 is 12.1 Å². The molecule has 1 saturated heterocycles. The summed E-state index contributed by atoms with van der Waals surface area (Å²) in [6.45, 7) is 9.01. The monoisotopic (exact) mass is 441 g/mol. The Kier molecular flexibility index (Phi) is 7.83. The van der Waals surface area contributed by atoms with E-state index in [1.807, 2.05) is 43.9 Å². The van der Waals surface area contributed by atoms with Gasteiger partial charge in [0.05, 0.1) is 18.3 Å². The number of nitrogens with one attached hydrogen (secondary N) is 2. The summed E-state index contributed by atoms with van der Waals surface area (Å²) in [5, 5.41) is 3.36. The fourth-order valence-corrected chi connectivity index (χ4v) is 4.07. The van der Waals surface area contributed by atoms with E-state index in [0.717, 1.165) is 36.8 Å². The van der Waals surface area contributed by atoms with E-state index in [1.54, 1.807) is 13.1 Å². The SMILES string of the molecule is CCOC(=O)c1[nH]ccc1NCc1ccccc1C1CCCCCN1C(=O)OC(C)(C)C. The predicted octanol–water partition coefficient (Wildman–Crippen LogP) is 5.66. The number of carbonyl (C=O) groups excluding carboxylic acids is 2. The molecule has 1 aliphatic heterocycles. The van der Waals surface area contributed by atoms with Crippen LogP contribution in [0.1, 0.15) is 81.0 Å². The van der Waals surface area contributed by atoms with Crippen molar-refractivity contribution in [2.24, 2.45) is 0 Å². The summed E-state index contributed by atoms with van der Waals surface area (Å²) in [4.78, 5) is 30.0. The van der Waals surface area contributed by atoms with E-state index in [4.69, 9.17) is 9.47 Å². The lowest BCUT2D eigenvalue weighted by molar-refractivity contribution is 0.0162. The van der Waals surface area contributed by atoms with Gasteiger partial charge in [-0.05, 0) is 57.7 Å². The van der Waals surface area contributed by atoms with Crippen LogP contribution in [0.15, 0.2) is 36.5 Å². The smallest absolute Gasteiger partial charge is 0.410 e. The second-order valence-corrected chi connectivity index (χ2v) is 9.08. The minimum absolute atomic E-state index is 0.0406. The zero-order valence-corrected chi connectivity index (χ0v) is 19.6. The Balaban J connectivity index is 1.82. The molecule has 7 nitrogen and oxygen atoms in total. The summed E-state index contributed by atoms with van der Waals surface area (Å²) in [6.07, 6.45) is 5.49.